The molecular weight excluding hydrogens is 335 g/mol. The molecule has 0 aliphatic rings. The molecule has 1 N–H and O–H groups in total. The first kappa shape index (κ1) is 16.1. The van der Waals surface area contributed by atoms with Crippen LogP contribution in [0.4, 0.5) is 4.39 Å². The highest BCUT2D eigenvalue weighted by atomic mass is 79.9. The molecule has 0 amide bonds. The van der Waals surface area contributed by atoms with E-state index in [0.29, 0.717) is 17.9 Å². The average molecular weight is 355 g/mol. The molecule has 0 saturated heterocycles. The molecule has 21 heavy (non-hydrogen) atoms. The highest BCUT2D eigenvalue weighted by Gasteiger charge is 2.20. The van der Waals surface area contributed by atoms with Gasteiger partial charge in [-0.3, -0.25) is 0 Å². The van der Waals surface area contributed by atoms with Crippen LogP contribution in [0.2, 0.25) is 0 Å². The van der Waals surface area contributed by atoms with Crippen LogP contribution in [-0.2, 0) is 13.0 Å². The number of nitrogens with zero attached hydrogens (tertiary/aromatic N) is 3. The van der Waals surface area contributed by atoms with E-state index >= 15 is 0 Å². The van der Waals surface area contributed by atoms with Gasteiger partial charge >= 0.3 is 0 Å². The maximum Gasteiger partial charge on any atom is 0.138 e. The third-order valence-electron chi connectivity index (χ3n) is 3.32. The number of hydrogen-bond acceptors (Lipinski definition) is 3. The van der Waals surface area contributed by atoms with Crippen LogP contribution < -0.4 is 5.32 Å². The quantitative estimate of drug-likeness (QED) is 0.864. The van der Waals surface area contributed by atoms with Crippen LogP contribution in [0.5, 0.6) is 0 Å². The Morgan fingerprint density at radius 3 is 2.76 bits per heavy atom. The number of nitrogens with one attached hydrogen (secondary N) is 1. The van der Waals surface area contributed by atoms with Crippen molar-refractivity contribution in [3.8, 4) is 0 Å². The van der Waals surface area contributed by atoms with Crippen molar-refractivity contribution >= 4 is 15.9 Å². The predicted octanol–water partition coefficient (Wildman–Crippen LogP) is 3.34. The molecule has 4 nitrogen and oxygen atoms in total. The van der Waals surface area contributed by atoms with E-state index < -0.39 is 0 Å². The van der Waals surface area contributed by atoms with E-state index in [2.05, 4.69) is 45.2 Å². The van der Waals surface area contributed by atoms with Crippen molar-refractivity contribution < 1.29 is 4.39 Å². The van der Waals surface area contributed by atoms with Crippen molar-refractivity contribution in [3.63, 3.8) is 0 Å². The second-order valence-electron chi connectivity index (χ2n) is 5.43. The fraction of sp³-hybridized carbons (Fsp3) is 0.467. The normalized spacial score (nSPS) is 12.9. The van der Waals surface area contributed by atoms with Crippen molar-refractivity contribution in [1.82, 2.24) is 20.1 Å². The first-order valence-corrected chi connectivity index (χ1v) is 7.80. The van der Waals surface area contributed by atoms with Crippen molar-refractivity contribution in [2.75, 3.05) is 7.05 Å². The van der Waals surface area contributed by atoms with Crippen LogP contribution in [0.3, 0.4) is 0 Å². The Labute approximate surface area is 132 Å². The summed E-state index contributed by atoms with van der Waals surface area (Å²) in [5.74, 6) is 1.12. The van der Waals surface area contributed by atoms with Crippen molar-refractivity contribution in [2.24, 2.45) is 5.92 Å². The summed E-state index contributed by atoms with van der Waals surface area (Å²) in [7, 11) is 1.83. The van der Waals surface area contributed by atoms with Crippen LogP contribution >= 0.6 is 15.9 Å². The second kappa shape index (κ2) is 7.13. The summed E-state index contributed by atoms with van der Waals surface area (Å²) in [5.41, 5.74) is 0.624. The summed E-state index contributed by atoms with van der Waals surface area (Å²) >= 11 is 3.43. The largest absolute Gasteiger partial charge is 0.312 e. The van der Waals surface area contributed by atoms with Crippen LogP contribution in [0.1, 0.15) is 31.3 Å². The van der Waals surface area contributed by atoms with E-state index in [1.165, 1.54) is 6.07 Å². The van der Waals surface area contributed by atoms with Gasteiger partial charge in [-0.05, 0) is 25.1 Å². The first-order valence-electron chi connectivity index (χ1n) is 7.00. The fourth-order valence-electron chi connectivity index (χ4n) is 2.32. The van der Waals surface area contributed by atoms with Crippen molar-refractivity contribution in [3.05, 3.63) is 46.2 Å². The summed E-state index contributed by atoms with van der Waals surface area (Å²) < 4.78 is 16.8. The van der Waals surface area contributed by atoms with Gasteiger partial charge in [0, 0.05) is 29.0 Å². The van der Waals surface area contributed by atoms with E-state index in [1.807, 2.05) is 17.8 Å². The Balaban J connectivity index is 2.26. The van der Waals surface area contributed by atoms with Crippen LogP contribution in [0.25, 0.3) is 0 Å². The number of likely N-dealkylation sites (N-methyl/N-ethyl adjacent to an activating group) is 1. The molecule has 1 heterocycles. The first-order chi connectivity index (χ1) is 10.0. The molecule has 0 fully saturated rings. The van der Waals surface area contributed by atoms with Gasteiger partial charge in [-0.15, -0.1) is 0 Å². The number of halogens is 2. The summed E-state index contributed by atoms with van der Waals surface area (Å²) in [6.45, 7) is 5.08. The Morgan fingerprint density at radius 1 is 1.38 bits per heavy atom. The van der Waals surface area contributed by atoms with E-state index in [1.54, 1.807) is 12.4 Å². The lowest BCUT2D eigenvalue weighted by Crippen LogP contribution is -2.23. The van der Waals surface area contributed by atoms with Crippen molar-refractivity contribution in [1.29, 1.82) is 0 Å². The highest BCUT2D eigenvalue weighted by molar-refractivity contribution is 9.10. The van der Waals surface area contributed by atoms with Gasteiger partial charge in [-0.25, -0.2) is 14.1 Å². The highest BCUT2D eigenvalue weighted by Crippen LogP contribution is 2.28. The second-order valence-corrected chi connectivity index (χ2v) is 6.29. The molecule has 0 aliphatic heterocycles. The standard InChI is InChI=1S/C15H20BrFN4/c1-10(2)8-21-14(19-9-20-21)7-13(18-3)15-11(16)5-4-6-12(15)17/h4-6,9-10,13,18H,7-8H2,1-3H3. The minimum Gasteiger partial charge on any atom is -0.312 e. The van der Waals surface area contributed by atoms with E-state index in [-0.39, 0.29) is 11.9 Å². The molecule has 0 spiro atoms. The Bertz CT molecular complexity index is 577. The van der Waals surface area contributed by atoms with E-state index in [9.17, 15) is 4.39 Å². The molecule has 0 aliphatic carbocycles. The number of hydrogen-bond donors (Lipinski definition) is 1. The van der Waals surface area contributed by atoms with Gasteiger partial charge in [-0.1, -0.05) is 35.8 Å². The maximum absolute atomic E-state index is 14.1. The molecule has 0 radical (unpaired) electrons. The average Bonchev–Trinajstić information content (AvgIpc) is 2.83. The van der Waals surface area contributed by atoms with Gasteiger partial charge in [-0.2, -0.15) is 5.10 Å². The minimum absolute atomic E-state index is 0.157. The van der Waals surface area contributed by atoms with Crippen LogP contribution in [0, 0.1) is 11.7 Å². The molecular formula is C15H20BrFN4. The third-order valence-corrected chi connectivity index (χ3v) is 4.01. The molecule has 1 aromatic carbocycles. The Hall–Kier alpha value is -1.27. The molecule has 1 atom stereocenters. The van der Waals surface area contributed by atoms with Gasteiger partial charge in [0.2, 0.25) is 0 Å². The lowest BCUT2D eigenvalue weighted by molar-refractivity contribution is 0.446. The number of aromatic nitrogens is 3. The molecule has 6 heteroatoms. The van der Waals surface area contributed by atoms with Gasteiger partial charge < -0.3 is 5.32 Å². The van der Waals surface area contributed by atoms with Gasteiger partial charge in [0.1, 0.15) is 18.0 Å². The van der Waals surface area contributed by atoms with E-state index in [4.69, 9.17) is 0 Å². The van der Waals surface area contributed by atoms with Gasteiger partial charge in [0.05, 0.1) is 0 Å². The molecule has 0 bridgehead atoms. The van der Waals surface area contributed by atoms with Crippen molar-refractivity contribution in [2.45, 2.75) is 32.9 Å². The maximum atomic E-state index is 14.1. The zero-order chi connectivity index (χ0) is 15.4. The topological polar surface area (TPSA) is 42.7 Å². The minimum atomic E-state index is -0.223. The zero-order valence-electron chi connectivity index (χ0n) is 12.5. The van der Waals surface area contributed by atoms with E-state index in [0.717, 1.165) is 16.8 Å². The summed E-state index contributed by atoms with van der Waals surface area (Å²) in [6, 6.07) is 4.86. The summed E-state index contributed by atoms with van der Waals surface area (Å²) in [4.78, 5) is 4.32. The van der Waals surface area contributed by atoms with Crippen LogP contribution in [0.15, 0.2) is 29.0 Å². The lowest BCUT2D eigenvalue weighted by Gasteiger charge is -2.19. The third kappa shape index (κ3) is 3.89. The smallest absolute Gasteiger partial charge is 0.138 e. The molecule has 1 unspecified atom stereocenters. The monoisotopic (exact) mass is 354 g/mol. The lowest BCUT2D eigenvalue weighted by atomic mass is 10.0. The molecule has 114 valence electrons. The molecule has 0 saturated carbocycles. The van der Waals surface area contributed by atoms with Crippen LogP contribution in [-0.4, -0.2) is 21.8 Å². The molecule has 1 aromatic heterocycles. The predicted molar refractivity (Wildman–Crippen MR) is 84.5 cm³/mol. The zero-order valence-corrected chi connectivity index (χ0v) is 14.1. The number of benzene rings is 1. The number of rotatable bonds is 6. The van der Waals surface area contributed by atoms with Gasteiger partial charge in [0.25, 0.3) is 0 Å². The fourth-order valence-corrected chi connectivity index (χ4v) is 2.94. The summed E-state index contributed by atoms with van der Waals surface area (Å²) in [6.07, 6.45) is 2.14. The SMILES string of the molecule is CNC(Cc1ncnn1CC(C)C)c1c(F)cccc1Br. The molecule has 2 aromatic rings. The summed E-state index contributed by atoms with van der Waals surface area (Å²) in [5, 5.41) is 7.42. The van der Waals surface area contributed by atoms with Gasteiger partial charge in [0.15, 0.2) is 0 Å². The molecule has 2 rings (SSSR count). The Morgan fingerprint density at radius 2 is 2.14 bits per heavy atom. The Kier molecular flexibility index (Phi) is 5.47.